The number of rotatable bonds is 2. The monoisotopic (exact) mass is 197 g/mol. The van der Waals surface area contributed by atoms with Gasteiger partial charge in [0, 0.05) is 13.2 Å². The predicted octanol–water partition coefficient (Wildman–Crippen LogP) is 2.14. The molecule has 2 saturated heterocycles. The number of hydrogen-bond donors (Lipinski definition) is 0. The molecule has 2 rings (SSSR count). The van der Waals surface area contributed by atoms with E-state index in [4.69, 9.17) is 4.74 Å². The predicted molar refractivity (Wildman–Crippen MR) is 58.4 cm³/mol. The molecule has 2 heterocycles. The van der Waals surface area contributed by atoms with Crippen molar-refractivity contribution in [1.82, 2.24) is 4.90 Å². The molecule has 0 aromatic rings. The average molecular weight is 197 g/mol. The molecule has 0 spiro atoms. The van der Waals surface area contributed by atoms with Crippen LogP contribution in [-0.2, 0) is 4.74 Å². The maximum absolute atomic E-state index is 5.40. The van der Waals surface area contributed by atoms with Gasteiger partial charge in [0.25, 0.3) is 0 Å². The van der Waals surface area contributed by atoms with Gasteiger partial charge in [-0.1, -0.05) is 0 Å². The highest BCUT2D eigenvalue weighted by Crippen LogP contribution is 2.28. The van der Waals surface area contributed by atoms with Crippen LogP contribution in [0.15, 0.2) is 0 Å². The number of piperidine rings is 1. The lowest BCUT2D eigenvalue weighted by atomic mass is 9.84. The van der Waals surface area contributed by atoms with Crippen molar-refractivity contribution < 1.29 is 4.74 Å². The van der Waals surface area contributed by atoms with E-state index in [2.05, 4.69) is 11.9 Å². The van der Waals surface area contributed by atoms with Gasteiger partial charge in [0.1, 0.15) is 0 Å². The van der Waals surface area contributed by atoms with Gasteiger partial charge in [0.2, 0.25) is 0 Å². The molecule has 0 saturated carbocycles. The quantitative estimate of drug-likeness (QED) is 0.672. The van der Waals surface area contributed by atoms with Gasteiger partial charge in [-0.3, -0.25) is 0 Å². The molecule has 0 atom stereocenters. The summed E-state index contributed by atoms with van der Waals surface area (Å²) in [5.41, 5.74) is 0. The second kappa shape index (κ2) is 5.13. The highest BCUT2D eigenvalue weighted by Gasteiger charge is 2.22. The molecule has 2 fully saturated rings. The lowest BCUT2D eigenvalue weighted by Crippen LogP contribution is -2.31. The number of ether oxygens (including phenoxy) is 1. The Morgan fingerprint density at radius 1 is 1.00 bits per heavy atom. The SMILES string of the molecule is CN1CCC(CC2CCOCC2)CC1. The van der Waals surface area contributed by atoms with Crippen LogP contribution in [0.3, 0.4) is 0 Å². The van der Waals surface area contributed by atoms with Crippen LogP contribution in [0.25, 0.3) is 0 Å². The summed E-state index contributed by atoms with van der Waals surface area (Å²) >= 11 is 0. The van der Waals surface area contributed by atoms with Gasteiger partial charge < -0.3 is 9.64 Å². The van der Waals surface area contributed by atoms with E-state index < -0.39 is 0 Å². The Labute approximate surface area is 87.6 Å². The average Bonchev–Trinajstić information content (AvgIpc) is 2.23. The van der Waals surface area contributed by atoms with Crippen LogP contribution >= 0.6 is 0 Å². The first-order valence-corrected chi connectivity index (χ1v) is 6.11. The van der Waals surface area contributed by atoms with Crippen molar-refractivity contribution in [1.29, 1.82) is 0 Å². The topological polar surface area (TPSA) is 12.5 Å². The zero-order valence-electron chi connectivity index (χ0n) is 9.37. The fourth-order valence-corrected chi connectivity index (χ4v) is 2.75. The Hall–Kier alpha value is -0.0800. The van der Waals surface area contributed by atoms with E-state index in [9.17, 15) is 0 Å². The molecular weight excluding hydrogens is 174 g/mol. The molecule has 2 aliphatic heterocycles. The van der Waals surface area contributed by atoms with Crippen molar-refractivity contribution in [3.63, 3.8) is 0 Å². The number of hydrogen-bond acceptors (Lipinski definition) is 2. The summed E-state index contributed by atoms with van der Waals surface area (Å²) in [5, 5.41) is 0. The van der Waals surface area contributed by atoms with E-state index in [1.807, 2.05) is 0 Å². The van der Waals surface area contributed by atoms with Gasteiger partial charge in [0.15, 0.2) is 0 Å². The third-order valence-electron chi connectivity index (χ3n) is 3.85. The molecule has 0 aromatic heterocycles. The molecule has 0 N–H and O–H groups in total. The molecular formula is C12H23NO. The fourth-order valence-electron chi connectivity index (χ4n) is 2.75. The molecule has 0 radical (unpaired) electrons. The first kappa shape index (κ1) is 10.4. The highest BCUT2D eigenvalue weighted by atomic mass is 16.5. The molecule has 82 valence electrons. The van der Waals surface area contributed by atoms with Crippen molar-refractivity contribution in [2.45, 2.75) is 32.1 Å². The smallest absolute Gasteiger partial charge is 0.0468 e. The van der Waals surface area contributed by atoms with Crippen LogP contribution in [0.4, 0.5) is 0 Å². The van der Waals surface area contributed by atoms with Gasteiger partial charge in [-0.05, 0) is 64.1 Å². The van der Waals surface area contributed by atoms with Crippen molar-refractivity contribution in [3.05, 3.63) is 0 Å². The summed E-state index contributed by atoms with van der Waals surface area (Å²) in [7, 11) is 2.24. The van der Waals surface area contributed by atoms with Gasteiger partial charge in [0.05, 0.1) is 0 Å². The Balaban J connectivity index is 1.68. The van der Waals surface area contributed by atoms with Crippen molar-refractivity contribution in [2.24, 2.45) is 11.8 Å². The Morgan fingerprint density at radius 3 is 2.21 bits per heavy atom. The van der Waals surface area contributed by atoms with Crippen molar-refractivity contribution in [2.75, 3.05) is 33.4 Å². The second-order valence-corrected chi connectivity index (χ2v) is 5.04. The van der Waals surface area contributed by atoms with Crippen LogP contribution in [0.1, 0.15) is 32.1 Å². The summed E-state index contributed by atoms with van der Waals surface area (Å²) in [6.07, 6.45) is 6.94. The van der Waals surface area contributed by atoms with Crippen LogP contribution in [0.5, 0.6) is 0 Å². The van der Waals surface area contributed by atoms with E-state index in [0.717, 1.165) is 25.0 Å². The maximum Gasteiger partial charge on any atom is 0.0468 e. The summed E-state index contributed by atoms with van der Waals surface area (Å²) in [4.78, 5) is 2.46. The Morgan fingerprint density at radius 2 is 1.57 bits per heavy atom. The molecule has 2 nitrogen and oxygen atoms in total. The molecule has 0 amide bonds. The van der Waals surface area contributed by atoms with Crippen LogP contribution in [-0.4, -0.2) is 38.3 Å². The second-order valence-electron chi connectivity index (χ2n) is 5.04. The van der Waals surface area contributed by atoms with Gasteiger partial charge >= 0.3 is 0 Å². The minimum absolute atomic E-state index is 0.970. The molecule has 0 bridgehead atoms. The third kappa shape index (κ3) is 2.96. The zero-order chi connectivity index (χ0) is 9.80. The van der Waals surface area contributed by atoms with Gasteiger partial charge in [-0.25, -0.2) is 0 Å². The number of nitrogens with zero attached hydrogens (tertiary/aromatic N) is 1. The van der Waals surface area contributed by atoms with Gasteiger partial charge in [-0.2, -0.15) is 0 Å². The summed E-state index contributed by atoms with van der Waals surface area (Å²) in [6, 6.07) is 0. The van der Waals surface area contributed by atoms with Crippen molar-refractivity contribution in [3.8, 4) is 0 Å². The standard InChI is InChI=1S/C12H23NO/c1-13-6-2-11(3-7-13)10-12-4-8-14-9-5-12/h11-12H,2-10H2,1H3. The zero-order valence-corrected chi connectivity index (χ0v) is 9.37. The van der Waals surface area contributed by atoms with Crippen molar-refractivity contribution >= 4 is 0 Å². The highest BCUT2D eigenvalue weighted by molar-refractivity contribution is 4.74. The van der Waals surface area contributed by atoms with Crippen LogP contribution in [0, 0.1) is 11.8 Å². The lowest BCUT2D eigenvalue weighted by molar-refractivity contribution is 0.0539. The summed E-state index contributed by atoms with van der Waals surface area (Å²) < 4.78 is 5.40. The first-order chi connectivity index (χ1) is 6.84. The summed E-state index contributed by atoms with van der Waals surface area (Å²) in [6.45, 7) is 4.65. The molecule has 2 aliphatic rings. The Kier molecular flexibility index (Phi) is 3.82. The molecule has 14 heavy (non-hydrogen) atoms. The van der Waals surface area contributed by atoms with E-state index in [0.29, 0.717) is 0 Å². The molecule has 0 aliphatic carbocycles. The normalized spacial score (nSPS) is 28.1. The molecule has 0 unspecified atom stereocenters. The van der Waals surface area contributed by atoms with E-state index in [1.165, 1.54) is 45.2 Å². The molecule has 2 heteroatoms. The minimum Gasteiger partial charge on any atom is -0.381 e. The van der Waals surface area contributed by atoms with E-state index >= 15 is 0 Å². The third-order valence-corrected chi connectivity index (χ3v) is 3.85. The van der Waals surface area contributed by atoms with Crippen LogP contribution < -0.4 is 0 Å². The van der Waals surface area contributed by atoms with Crippen LogP contribution in [0.2, 0.25) is 0 Å². The largest absolute Gasteiger partial charge is 0.381 e. The summed E-state index contributed by atoms with van der Waals surface area (Å²) in [5.74, 6) is 1.98. The first-order valence-electron chi connectivity index (χ1n) is 6.11. The maximum atomic E-state index is 5.40. The molecule has 0 aromatic carbocycles. The fraction of sp³-hybridized carbons (Fsp3) is 1.00. The van der Waals surface area contributed by atoms with E-state index in [1.54, 1.807) is 0 Å². The number of likely N-dealkylation sites (tertiary alicyclic amines) is 1. The Bertz CT molecular complexity index is 158. The van der Waals surface area contributed by atoms with Gasteiger partial charge in [-0.15, -0.1) is 0 Å². The lowest BCUT2D eigenvalue weighted by Gasteiger charge is -2.32. The minimum atomic E-state index is 0.970. The van der Waals surface area contributed by atoms with E-state index in [-0.39, 0.29) is 0 Å².